The highest BCUT2D eigenvalue weighted by Gasteiger charge is 2.19. The molecule has 2 aromatic rings. The van der Waals surface area contributed by atoms with Crippen molar-refractivity contribution in [3.63, 3.8) is 0 Å². The van der Waals surface area contributed by atoms with E-state index in [0.717, 1.165) is 30.8 Å². The number of nitrogens with one attached hydrogen (secondary N) is 2. The number of H-pyrrole nitrogens is 1. The van der Waals surface area contributed by atoms with E-state index in [-0.39, 0.29) is 0 Å². The molecule has 1 saturated heterocycles. The first-order valence-electron chi connectivity index (χ1n) is 5.84. The summed E-state index contributed by atoms with van der Waals surface area (Å²) in [5.74, 6) is -0.393. The summed E-state index contributed by atoms with van der Waals surface area (Å²) in [6.45, 7) is 4.96. The van der Waals surface area contributed by atoms with Crippen molar-refractivity contribution in [2.75, 3.05) is 24.5 Å². The third-order valence-electron chi connectivity index (χ3n) is 3.14. The highest BCUT2D eigenvalue weighted by molar-refractivity contribution is 5.86. The van der Waals surface area contributed by atoms with Crippen molar-refractivity contribution < 1.29 is 4.42 Å². The number of aromatic amines is 1. The van der Waals surface area contributed by atoms with Gasteiger partial charge in [0.15, 0.2) is 5.58 Å². The van der Waals surface area contributed by atoms with Crippen molar-refractivity contribution in [1.82, 2.24) is 10.3 Å². The fraction of sp³-hybridized carbons (Fsp3) is 0.417. The predicted octanol–water partition coefficient (Wildman–Crippen LogP) is 0.919. The van der Waals surface area contributed by atoms with Crippen molar-refractivity contribution in [2.45, 2.75) is 13.0 Å². The van der Waals surface area contributed by atoms with Crippen LogP contribution in [0, 0.1) is 0 Å². The molecule has 1 atom stereocenters. The molecule has 1 aromatic carbocycles. The summed E-state index contributed by atoms with van der Waals surface area (Å²) < 4.78 is 5.21. The summed E-state index contributed by atoms with van der Waals surface area (Å²) in [6.07, 6.45) is 0. The number of piperazine rings is 1. The number of rotatable bonds is 1. The summed E-state index contributed by atoms with van der Waals surface area (Å²) in [5.41, 5.74) is 2.42. The first kappa shape index (κ1) is 10.4. The summed E-state index contributed by atoms with van der Waals surface area (Å²) in [7, 11) is 0. The average Bonchev–Trinajstić information content (AvgIpc) is 2.68. The van der Waals surface area contributed by atoms with Crippen LogP contribution in [0.15, 0.2) is 27.4 Å². The molecule has 1 aliphatic rings. The van der Waals surface area contributed by atoms with Crippen LogP contribution < -0.4 is 16.0 Å². The highest BCUT2D eigenvalue weighted by Crippen LogP contribution is 2.25. The number of anilines is 1. The fourth-order valence-corrected chi connectivity index (χ4v) is 2.36. The predicted molar refractivity (Wildman–Crippen MR) is 66.5 cm³/mol. The third kappa shape index (κ3) is 1.82. The maximum atomic E-state index is 11.2. The van der Waals surface area contributed by atoms with E-state index in [1.807, 2.05) is 18.2 Å². The second kappa shape index (κ2) is 3.92. The van der Waals surface area contributed by atoms with Crippen molar-refractivity contribution in [2.24, 2.45) is 0 Å². The molecule has 90 valence electrons. The Morgan fingerprint density at radius 3 is 3.18 bits per heavy atom. The fourth-order valence-electron chi connectivity index (χ4n) is 2.36. The molecule has 0 amide bonds. The van der Waals surface area contributed by atoms with Crippen LogP contribution in [-0.2, 0) is 0 Å². The van der Waals surface area contributed by atoms with E-state index in [1.165, 1.54) is 0 Å². The Hall–Kier alpha value is -1.75. The maximum Gasteiger partial charge on any atom is 0.417 e. The Labute approximate surface area is 98.4 Å². The standard InChI is InChI=1S/C12H15N3O2/c1-8-7-15(6-5-13-8)10-4-2-3-9-11(10)17-12(16)14-9/h2-4,8,13H,5-7H2,1H3,(H,14,16)/t8-/m0/s1. The summed E-state index contributed by atoms with van der Waals surface area (Å²) in [6, 6.07) is 6.24. The monoisotopic (exact) mass is 233 g/mol. The summed E-state index contributed by atoms with van der Waals surface area (Å²) in [5, 5.41) is 3.39. The molecule has 0 spiro atoms. The molecule has 0 bridgehead atoms. The van der Waals surface area contributed by atoms with Gasteiger partial charge in [0, 0.05) is 25.7 Å². The normalized spacial score (nSPS) is 21.0. The minimum Gasteiger partial charge on any atom is -0.406 e. The van der Waals surface area contributed by atoms with Gasteiger partial charge < -0.3 is 14.6 Å². The van der Waals surface area contributed by atoms with Crippen LogP contribution in [0.4, 0.5) is 5.69 Å². The Morgan fingerprint density at radius 1 is 1.47 bits per heavy atom. The zero-order valence-electron chi connectivity index (χ0n) is 9.69. The van der Waals surface area contributed by atoms with Gasteiger partial charge >= 0.3 is 5.76 Å². The average molecular weight is 233 g/mol. The number of fused-ring (bicyclic) bond motifs is 1. The van der Waals surface area contributed by atoms with Gasteiger partial charge in [-0.05, 0) is 19.1 Å². The SMILES string of the molecule is C[C@H]1CN(c2cccc3[nH]c(=O)oc23)CCN1. The zero-order valence-corrected chi connectivity index (χ0v) is 9.69. The molecular formula is C12H15N3O2. The van der Waals surface area contributed by atoms with Gasteiger partial charge in [0.1, 0.15) is 0 Å². The number of benzene rings is 1. The summed E-state index contributed by atoms with van der Waals surface area (Å²) >= 11 is 0. The molecule has 1 aliphatic heterocycles. The molecule has 3 rings (SSSR count). The van der Waals surface area contributed by atoms with E-state index >= 15 is 0 Å². The molecule has 5 nitrogen and oxygen atoms in total. The van der Waals surface area contributed by atoms with Crippen LogP contribution >= 0.6 is 0 Å². The quantitative estimate of drug-likeness (QED) is 0.769. The lowest BCUT2D eigenvalue weighted by Crippen LogP contribution is -2.49. The molecule has 17 heavy (non-hydrogen) atoms. The second-order valence-electron chi connectivity index (χ2n) is 4.47. The van der Waals surface area contributed by atoms with E-state index < -0.39 is 5.76 Å². The molecule has 0 unspecified atom stereocenters. The lowest BCUT2D eigenvalue weighted by Gasteiger charge is -2.33. The topological polar surface area (TPSA) is 61.3 Å². The molecule has 2 heterocycles. The number of aromatic nitrogens is 1. The van der Waals surface area contributed by atoms with Crippen molar-refractivity contribution in [3.05, 3.63) is 28.7 Å². The molecule has 0 radical (unpaired) electrons. The maximum absolute atomic E-state index is 11.2. The highest BCUT2D eigenvalue weighted by atomic mass is 16.4. The largest absolute Gasteiger partial charge is 0.417 e. The van der Waals surface area contributed by atoms with Crippen LogP contribution in [0.5, 0.6) is 0 Å². The van der Waals surface area contributed by atoms with Crippen LogP contribution in [0.25, 0.3) is 11.1 Å². The molecular weight excluding hydrogens is 218 g/mol. The number of hydrogen-bond donors (Lipinski definition) is 2. The van der Waals surface area contributed by atoms with E-state index in [2.05, 4.69) is 22.1 Å². The molecule has 1 aromatic heterocycles. The van der Waals surface area contributed by atoms with Crippen molar-refractivity contribution >= 4 is 16.8 Å². The van der Waals surface area contributed by atoms with E-state index in [9.17, 15) is 4.79 Å². The number of oxazole rings is 1. The van der Waals surface area contributed by atoms with E-state index in [1.54, 1.807) is 0 Å². The van der Waals surface area contributed by atoms with Gasteiger partial charge in [-0.1, -0.05) is 6.07 Å². The lowest BCUT2D eigenvalue weighted by molar-refractivity contribution is 0.482. The summed E-state index contributed by atoms with van der Waals surface area (Å²) in [4.78, 5) is 16.2. The van der Waals surface area contributed by atoms with Gasteiger partial charge in [-0.3, -0.25) is 4.98 Å². The molecule has 0 saturated carbocycles. The van der Waals surface area contributed by atoms with Gasteiger partial charge in [0.05, 0.1) is 11.2 Å². The van der Waals surface area contributed by atoms with E-state index in [4.69, 9.17) is 4.42 Å². The van der Waals surface area contributed by atoms with Crippen LogP contribution in [0.1, 0.15) is 6.92 Å². The first-order chi connectivity index (χ1) is 8.24. The Bertz CT molecular complexity index is 587. The Balaban J connectivity index is 2.07. The van der Waals surface area contributed by atoms with Gasteiger partial charge in [-0.25, -0.2) is 4.79 Å². The molecule has 0 aliphatic carbocycles. The number of hydrogen-bond acceptors (Lipinski definition) is 4. The van der Waals surface area contributed by atoms with Gasteiger partial charge in [0.25, 0.3) is 0 Å². The van der Waals surface area contributed by atoms with Gasteiger partial charge in [-0.2, -0.15) is 0 Å². The first-order valence-corrected chi connectivity index (χ1v) is 5.84. The second-order valence-corrected chi connectivity index (χ2v) is 4.47. The minimum atomic E-state index is -0.393. The van der Waals surface area contributed by atoms with Crippen LogP contribution in [0.3, 0.4) is 0 Å². The Kier molecular flexibility index (Phi) is 2.40. The number of para-hydroxylation sites is 1. The smallest absolute Gasteiger partial charge is 0.406 e. The van der Waals surface area contributed by atoms with Crippen molar-refractivity contribution in [3.8, 4) is 0 Å². The number of nitrogens with zero attached hydrogens (tertiary/aromatic N) is 1. The van der Waals surface area contributed by atoms with Crippen LogP contribution in [-0.4, -0.2) is 30.7 Å². The molecule has 2 N–H and O–H groups in total. The van der Waals surface area contributed by atoms with E-state index in [0.29, 0.717) is 11.6 Å². The van der Waals surface area contributed by atoms with Crippen molar-refractivity contribution in [1.29, 1.82) is 0 Å². The molecule has 1 fully saturated rings. The van der Waals surface area contributed by atoms with Gasteiger partial charge in [-0.15, -0.1) is 0 Å². The molecule has 5 heteroatoms. The van der Waals surface area contributed by atoms with Gasteiger partial charge in [0.2, 0.25) is 0 Å². The Morgan fingerprint density at radius 2 is 2.35 bits per heavy atom. The third-order valence-corrected chi connectivity index (χ3v) is 3.14. The van der Waals surface area contributed by atoms with Crippen LogP contribution in [0.2, 0.25) is 0 Å². The lowest BCUT2D eigenvalue weighted by atomic mass is 10.2. The minimum absolute atomic E-state index is 0.393. The zero-order chi connectivity index (χ0) is 11.8.